The second-order valence-electron chi connectivity index (χ2n) is 12.2. The molecule has 4 fully saturated rings. The van der Waals surface area contributed by atoms with Crippen LogP contribution in [0.3, 0.4) is 0 Å². The first-order valence-electron chi connectivity index (χ1n) is 13.6. The summed E-state index contributed by atoms with van der Waals surface area (Å²) in [6.07, 6.45) is 9.41. The summed E-state index contributed by atoms with van der Waals surface area (Å²) in [5.74, 6) is 4.06. The summed E-state index contributed by atoms with van der Waals surface area (Å²) in [5, 5.41) is 14.0. The van der Waals surface area contributed by atoms with Gasteiger partial charge in [0.15, 0.2) is 0 Å². The van der Waals surface area contributed by atoms with Gasteiger partial charge in [-0.3, -0.25) is 4.79 Å². The zero-order chi connectivity index (χ0) is 23.9. The molecule has 5 nitrogen and oxygen atoms in total. The van der Waals surface area contributed by atoms with Crippen molar-refractivity contribution in [3.8, 4) is 5.75 Å². The predicted molar refractivity (Wildman–Crippen MR) is 133 cm³/mol. The van der Waals surface area contributed by atoms with E-state index in [2.05, 4.69) is 43.3 Å². The molecule has 8 atom stereocenters. The summed E-state index contributed by atoms with van der Waals surface area (Å²) in [5.41, 5.74) is 1.56. The van der Waals surface area contributed by atoms with E-state index in [0.717, 1.165) is 57.1 Å². The summed E-state index contributed by atoms with van der Waals surface area (Å²) in [7, 11) is 0. The van der Waals surface area contributed by atoms with Crippen LogP contribution >= 0.6 is 0 Å². The fourth-order valence-electron chi connectivity index (χ4n) is 8.81. The topological polar surface area (TPSA) is 76.0 Å². The van der Waals surface area contributed by atoms with Gasteiger partial charge >= 0.3 is 0 Å². The fourth-order valence-corrected chi connectivity index (χ4v) is 8.81. The van der Waals surface area contributed by atoms with Crippen LogP contribution in [-0.4, -0.2) is 30.1 Å². The number of rotatable bonds is 7. The van der Waals surface area contributed by atoms with E-state index in [1.54, 1.807) is 0 Å². The third kappa shape index (κ3) is 4.02. The Morgan fingerprint density at radius 2 is 1.85 bits per heavy atom. The molecule has 0 spiro atoms. The highest BCUT2D eigenvalue weighted by atomic mass is 16.5. The Morgan fingerprint density at radius 1 is 1.06 bits per heavy atom. The molecule has 1 aromatic rings. The standard InChI is InChI=1S/C29H41NO4/c1-28-14-13-21(31)17-20(28)7-10-23-25-11-12-26(32)29(25,2)18-24(27(23)28)19-5-8-22(9-6-19)34-16-4-3-15-30-33/h5-6,8-9,20,23-27,32H,3-4,7,10-18H2,1-2H3. The van der Waals surface area contributed by atoms with Gasteiger partial charge in [0, 0.05) is 12.8 Å². The minimum Gasteiger partial charge on any atom is -0.494 e. The maximum Gasteiger partial charge on any atom is 0.133 e. The Hall–Kier alpha value is -1.75. The van der Waals surface area contributed by atoms with E-state index in [1.165, 1.54) is 18.4 Å². The number of aliphatic hydroxyl groups is 1. The number of fused-ring (bicyclic) bond motifs is 5. The summed E-state index contributed by atoms with van der Waals surface area (Å²) in [6, 6.07) is 8.68. The van der Waals surface area contributed by atoms with Crippen LogP contribution in [-0.2, 0) is 4.79 Å². The maximum absolute atomic E-state index is 12.4. The molecule has 0 saturated heterocycles. The number of hydrogen-bond acceptors (Lipinski definition) is 5. The van der Waals surface area contributed by atoms with Crippen LogP contribution in [0.25, 0.3) is 0 Å². The number of carbonyl (C=O) groups is 1. The highest BCUT2D eigenvalue weighted by Crippen LogP contribution is 2.69. The van der Waals surface area contributed by atoms with Crippen molar-refractivity contribution in [2.24, 2.45) is 39.7 Å². The van der Waals surface area contributed by atoms with Gasteiger partial charge in [0.2, 0.25) is 0 Å². The molecule has 4 aliphatic rings. The molecular formula is C29H41NO4. The Labute approximate surface area is 204 Å². The van der Waals surface area contributed by atoms with Gasteiger partial charge in [-0.1, -0.05) is 31.2 Å². The average Bonchev–Trinajstić information content (AvgIpc) is 3.13. The van der Waals surface area contributed by atoms with E-state index >= 15 is 0 Å². The number of nitrogens with zero attached hydrogens (tertiary/aromatic N) is 1. The minimum atomic E-state index is -0.206. The van der Waals surface area contributed by atoms with Crippen molar-refractivity contribution in [1.82, 2.24) is 0 Å². The van der Waals surface area contributed by atoms with Crippen molar-refractivity contribution in [1.29, 1.82) is 0 Å². The van der Waals surface area contributed by atoms with Crippen LogP contribution in [0.1, 0.15) is 89.5 Å². The maximum atomic E-state index is 12.4. The molecule has 0 amide bonds. The average molecular weight is 468 g/mol. The smallest absolute Gasteiger partial charge is 0.133 e. The minimum absolute atomic E-state index is 0.0126. The first kappa shape index (κ1) is 24.0. The number of ketones is 1. The molecule has 0 aliphatic heterocycles. The second kappa shape index (κ2) is 9.37. The number of nitroso groups, excluding NO2 is 1. The lowest BCUT2D eigenvalue weighted by atomic mass is 9.42. The van der Waals surface area contributed by atoms with Gasteiger partial charge in [-0.2, -0.15) is 4.91 Å². The number of Topliss-reactive ketones (excluding diaryl/α,β-unsaturated/α-hetero) is 1. The molecule has 1 N–H and O–H groups in total. The van der Waals surface area contributed by atoms with Crippen molar-refractivity contribution in [2.75, 3.05) is 13.2 Å². The number of aliphatic hydroxyl groups excluding tert-OH is 1. The van der Waals surface area contributed by atoms with Crippen LogP contribution in [0.15, 0.2) is 29.4 Å². The summed E-state index contributed by atoms with van der Waals surface area (Å²) in [4.78, 5) is 22.6. The SMILES string of the molecule is CC12CC(c3ccc(OCCCCN=O)cc3)C3C(CCC4CC(=O)CCC43C)C1CCC2O. The van der Waals surface area contributed by atoms with Gasteiger partial charge in [-0.15, -0.1) is 0 Å². The summed E-state index contributed by atoms with van der Waals surface area (Å²) >= 11 is 0. The van der Waals surface area contributed by atoms with Crippen molar-refractivity contribution in [3.05, 3.63) is 34.7 Å². The first-order valence-corrected chi connectivity index (χ1v) is 13.6. The van der Waals surface area contributed by atoms with Crippen LogP contribution in [0.5, 0.6) is 5.75 Å². The van der Waals surface area contributed by atoms with Gasteiger partial charge in [-0.05, 0) is 109 Å². The van der Waals surface area contributed by atoms with E-state index < -0.39 is 0 Å². The van der Waals surface area contributed by atoms with Crippen molar-refractivity contribution < 1.29 is 14.6 Å². The van der Waals surface area contributed by atoms with Gasteiger partial charge in [0.05, 0.1) is 19.3 Å². The largest absolute Gasteiger partial charge is 0.494 e. The van der Waals surface area contributed by atoms with Crippen LogP contribution in [0.2, 0.25) is 0 Å². The zero-order valence-electron chi connectivity index (χ0n) is 20.9. The molecule has 5 rings (SSSR count). The van der Waals surface area contributed by atoms with E-state index in [0.29, 0.717) is 48.5 Å². The van der Waals surface area contributed by atoms with E-state index in [1.807, 2.05) is 0 Å². The summed E-state index contributed by atoms with van der Waals surface area (Å²) in [6.45, 7) is 5.79. The van der Waals surface area contributed by atoms with Crippen LogP contribution in [0.4, 0.5) is 0 Å². The molecule has 0 radical (unpaired) electrons. The van der Waals surface area contributed by atoms with Crippen molar-refractivity contribution in [2.45, 2.75) is 90.1 Å². The second-order valence-corrected chi connectivity index (χ2v) is 12.2. The lowest BCUT2D eigenvalue weighted by molar-refractivity contribution is -0.147. The van der Waals surface area contributed by atoms with Gasteiger partial charge < -0.3 is 9.84 Å². The normalized spacial score (nSPS) is 41.3. The molecule has 0 aromatic heterocycles. The molecule has 4 saturated carbocycles. The first-order chi connectivity index (χ1) is 16.4. The molecular weight excluding hydrogens is 426 g/mol. The molecule has 34 heavy (non-hydrogen) atoms. The van der Waals surface area contributed by atoms with Crippen LogP contribution < -0.4 is 4.74 Å². The Morgan fingerprint density at radius 3 is 2.62 bits per heavy atom. The molecule has 4 aliphatic carbocycles. The lowest BCUT2D eigenvalue weighted by Gasteiger charge is -2.62. The van der Waals surface area contributed by atoms with Crippen molar-refractivity contribution in [3.63, 3.8) is 0 Å². The van der Waals surface area contributed by atoms with Gasteiger partial charge in [0.25, 0.3) is 0 Å². The third-order valence-corrected chi connectivity index (χ3v) is 10.6. The van der Waals surface area contributed by atoms with Gasteiger partial charge in [0.1, 0.15) is 11.5 Å². The quantitative estimate of drug-likeness (QED) is 0.378. The van der Waals surface area contributed by atoms with Crippen LogP contribution in [0, 0.1) is 39.4 Å². The molecule has 0 bridgehead atoms. The zero-order valence-corrected chi connectivity index (χ0v) is 20.9. The van der Waals surface area contributed by atoms with E-state index in [4.69, 9.17) is 4.74 Å². The Kier molecular flexibility index (Phi) is 6.60. The lowest BCUT2D eigenvalue weighted by Crippen LogP contribution is -2.56. The number of hydrogen-bond donors (Lipinski definition) is 1. The number of ether oxygens (including phenoxy) is 1. The molecule has 1 aromatic carbocycles. The molecule has 186 valence electrons. The molecule has 0 heterocycles. The molecule has 8 unspecified atom stereocenters. The monoisotopic (exact) mass is 467 g/mol. The highest BCUT2D eigenvalue weighted by Gasteiger charge is 2.63. The number of carbonyl (C=O) groups excluding carboxylic acids is 1. The number of unbranched alkanes of at least 4 members (excludes halogenated alkanes) is 1. The molecule has 5 heteroatoms. The Bertz CT molecular complexity index is 900. The predicted octanol–water partition coefficient (Wildman–Crippen LogP) is 6.28. The van der Waals surface area contributed by atoms with E-state index in [9.17, 15) is 14.8 Å². The van der Waals surface area contributed by atoms with Gasteiger partial charge in [-0.25, -0.2) is 0 Å². The fraction of sp³-hybridized carbons (Fsp3) is 0.759. The highest BCUT2D eigenvalue weighted by molar-refractivity contribution is 5.79. The third-order valence-electron chi connectivity index (χ3n) is 10.6. The van der Waals surface area contributed by atoms with E-state index in [-0.39, 0.29) is 16.9 Å². The summed E-state index contributed by atoms with van der Waals surface area (Å²) < 4.78 is 5.90. The van der Waals surface area contributed by atoms with Crippen molar-refractivity contribution >= 4 is 5.78 Å². The Balaban J connectivity index is 1.42. The number of benzene rings is 1.